The molecule has 0 spiro atoms. The normalized spacial score (nSPS) is 9.85. The third-order valence-corrected chi connectivity index (χ3v) is 3.05. The molecule has 0 aliphatic rings. The molecule has 0 saturated heterocycles. The molecular weight excluding hydrogens is 276 g/mol. The van der Waals surface area contributed by atoms with Crippen molar-refractivity contribution in [2.75, 3.05) is 22.5 Å². The molecule has 104 valence electrons. The lowest BCUT2D eigenvalue weighted by atomic mass is 10.2. The van der Waals surface area contributed by atoms with Gasteiger partial charge in [-0.1, -0.05) is 0 Å². The molecule has 0 saturated carbocycles. The van der Waals surface area contributed by atoms with Crippen LogP contribution in [-0.2, 0) is 9.59 Å². The van der Waals surface area contributed by atoms with Crippen LogP contribution in [0.25, 0.3) is 0 Å². The maximum absolute atomic E-state index is 11.7. The van der Waals surface area contributed by atoms with Crippen LogP contribution >= 0.6 is 11.3 Å². The highest BCUT2D eigenvalue weighted by Gasteiger charge is 2.03. The van der Waals surface area contributed by atoms with E-state index in [1.165, 1.54) is 18.3 Å². The predicted octanol–water partition coefficient (Wildman–Crippen LogP) is 2.15. The highest BCUT2D eigenvalue weighted by atomic mass is 32.1. The van der Waals surface area contributed by atoms with Crippen molar-refractivity contribution in [3.05, 3.63) is 35.8 Å². The molecule has 0 aliphatic heterocycles. The lowest BCUT2D eigenvalue weighted by Gasteiger charge is -2.07. The van der Waals surface area contributed by atoms with Gasteiger partial charge >= 0.3 is 0 Å². The standard InChI is InChI=1S/C13H14N4O2S/c1-9(18)16-10-2-4-11(5-3-10)17-12(19)8-15-13-14-6-7-20-13/h2-7H,8H2,1H3,(H,14,15)(H,16,18)(H,17,19). The Balaban J connectivity index is 1.83. The van der Waals surface area contributed by atoms with Gasteiger partial charge in [-0.3, -0.25) is 9.59 Å². The highest BCUT2D eigenvalue weighted by molar-refractivity contribution is 7.13. The molecular formula is C13H14N4O2S. The number of nitrogens with zero attached hydrogens (tertiary/aromatic N) is 1. The van der Waals surface area contributed by atoms with E-state index in [0.717, 1.165) is 0 Å². The summed E-state index contributed by atoms with van der Waals surface area (Å²) in [5.74, 6) is -0.290. The summed E-state index contributed by atoms with van der Waals surface area (Å²) in [5, 5.41) is 10.9. The summed E-state index contributed by atoms with van der Waals surface area (Å²) < 4.78 is 0. The van der Waals surface area contributed by atoms with Crippen molar-refractivity contribution < 1.29 is 9.59 Å². The molecule has 0 aliphatic carbocycles. The lowest BCUT2D eigenvalue weighted by Crippen LogP contribution is -2.21. The number of hydrogen-bond acceptors (Lipinski definition) is 5. The fourth-order valence-electron chi connectivity index (χ4n) is 1.51. The minimum Gasteiger partial charge on any atom is -0.352 e. The second-order valence-corrected chi connectivity index (χ2v) is 4.89. The molecule has 0 fully saturated rings. The van der Waals surface area contributed by atoms with Crippen molar-refractivity contribution in [3.8, 4) is 0 Å². The fourth-order valence-corrected chi connectivity index (χ4v) is 2.04. The molecule has 0 bridgehead atoms. The van der Waals surface area contributed by atoms with Crippen LogP contribution in [-0.4, -0.2) is 23.3 Å². The molecule has 1 aromatic heterocycles. The lowest BCUT2D eigenvalue weighted by molar-refractivity contribution is -0.115. The molecule has 1 aromatic carbocycles. The van der Waals surface area contributed by atoms with Crippen molar-refractivity contribution in [2.45, 2.75) is 6.92 Å². The zero-order valence-corrected chi connectivity index (χ0v) is 11.7. The van der Waals surface area contributed by atoms with Crippen LogP contribution in [0, 0.1) is 0 Å². The first-order valence-corrected chi connectivity index (χ1v) is 6.82. The van der Waals surface area contributed by atoms with E-state index in [-0.39, 0.29) is 18.4 Å². The van der Waals surface area contributed by atoms with E-state index in [9.17, 15) is 9.59 Å². The van der Waals surface area contributed by atoms with Crippen LogP contribution in [0.3, 0.4) is 0 Å². The average Bonchev–Trinajstić information content (AvgIpc) is 2.91. The largest absolute Gasteiger partial charge is 0.352 e. The van der Waals surface area contributed by atoms with Crippen LogP contribution in [0.15, 0.2) is 35.8 Å². The van der Waals surface area contributed by atoms with Gasteiger partial charge in [0.05, 0.1) is 6.54 Å². The third kappa shape index (κ3) is 4.36. The molecule has 20 heavy (non-hydrogen) atoms. The number of rotatable bonds is 5. The molecule has 0 unspecified atom stereocenters. The van der Waals surface area contributed by atoms with Crippen molar-refractivity contribution in [1.82, 2.24) is 4.98 Å². The second kappa shape index (κ2) is 6.67. The number of carbonyl (C=O) groups is 2. The SMILES string of the molecule is CC(=O)Nc1ccc(NC(=O)CNc2nccs2)cc1. The minimum absolute atomic E-state index is 0.130. The number of benzene rings is 1. The highest BCUT2D eigenvalue weighted by Crippen LogP contribution is 2.14. The van der Waals surface area contributed by atoms with Crippen LogP contribution < -0.4 is 16.0 Å². The van der Waals surface area contributed by atoms with Gasteiger partial charge in [0.2, 0.25) is 11.8 Å². The zero-order valence-electron chi connectivity index (χ0n) is 10.8. The molecule has 1 heterocycles. The Morgan fingerprint density at radius 1 is 1.15 bits per heavy atom. The number of carbonyl (C=O) groups excluding carboxylic acids is 2. The second-order valence-electron chi connectivity index (χ2n) is 4.00. The summed E-state index contributed by atoms with van der Waals surface area (Å²) in [6.07, 6.45) is 1.67. The minimum atomic E-state index is -0.160. The summed E-state index contributed by atoms with van der Waals surface area (Å²) in [6.45, 7) is 1.60. The van der Waals surface area contributed by atoms with Gasteiger partial charge in [0.25, 0.3) is 0 Å². The zero-order chi connectivity index (χ0) is 14.4. The van der Waals surface area contributed by atoms with E-state index in [1.807, 2.05) is 5.38 Å². The van der Waals surface area contributed by atoms with E-state index in [4.69, 9.17) is 0 Å². The fraction of sp³-hybridized carbons (Fsp3) is 0.154. The van der Waals surface area contributed by atoms with Gasteiger partial charge in [-0.2, -0.15) is 0 Å². The Morgan fingerprint density at radius 2 is 1.80 bits per heavy atom. The van der Waals surface area contributed by atoms with Crippen LogP contribution in [0.4, 0.5) is 16.5 Å². The van der Waals surface area contributed by atoms with E-state index in [0.29, 0.717) is 16.5 Å². The molecule has 2 amide bonds. The van der Waals surface area contributed by atoms with Crippen LogP contribution in [0.5, 0.6) is 0 Å². The molecule has 3 N–H and O–H groups in total. The smallest absolute Gasteiger partial charge is 0.243 e. The predicted molar refractivity (Wildman–Crippen MR) is 80.0 cm³/mol. The third-order valence-electron chi connectivity index (χ3n) is 2.32. The van der Waals surface area contributed by atoms with E-state index in [1.54, 1.807) is 30.5 Å². The van der Waals surface area contributed by atoms with Gasteiger partial charge in [-0.25, -0.2) is 4.98 Å². The Kier molecular flexibility index (Phi) is 4.67. The molecule has 2 rings (SSSR count). The quantitative estimate of drug-likeness (QED) is 0.788. The Bertz CT molecular complexity index is 581. The molecule has 6 nitrogen and oxygen atoms in total. The average molecular weight is 290 g/mol. The molecule has 2 aromatic rings. The number of aromatic nitrogens is 1. The molecule has 0 radical (unpaired) electrons. The van der Waals surface area contributed by atoms with Gasteiger partial charge in [0.15, 0.2) is 5.13 Å². The van der Waals surface area contributed by atoms with Crippen LogP contribution in [0.2, 0.25) is 0 Å². The first kappa shape index (κ1) is 14.0. The van der Waals surface area contributed by atoms with Crippen molar-refractivity contribution in [2.24, 2.45) is 0 Å². The van der Waals surface area contributed by atoms with E-state index in [2.05, 4.69) is 20.9 Å². The van der Waals surface area contributed by atoms with Crippen molar-refractivity contribution in [3.63, 3.8) is 0 Å². The number of hydrogen-bond donors (Lipinski definition) is 3. The Hall–Kier alpha value is -2.41. The maximum atomic E-state index is 11.7. The molecule has 0 atom stereocenters. The summed E-state index contributed by atoms with van der Waals surface area (Å²) >= 11 is 1.44. The van der Waals surface area contributed by atoms with Gasteiger partial charge in [-0.15, -0.1) is 11.3 Å². The summed E-state index contributed by atoms with van der Waals surface area (Å²) in [4.78, 5) is 26.6. The van der Waals surface area contributed by atoms with Gasteiger partial charge in [0, 0.05) is 29.9 Å². The molecule has 7 heteroatoms. The number of thiazole rings is 1. The summed E-state index contributed by atoms with van der Waals surface area (Å²) in [6, 6.07) is 6.91. The Morgan fingerprint density at radius 3 is 2.35 bits per heavy atom. The Labute approximate surface area is 120 Å². The van der Waals surface area contributed by atoms with E-state index >= 15 is 0 Å². The monoisotopic (exact) mass is 290 g/mol. The summed E-state index contributed by atoms with van der Waals surface area (Å²) in [7, 11) is 0. The number of amides is 2. The number of nitrogens with one attached hydrogen (secondary N) is 3. The first-order chi connectivity index (χ1) is 9.63. The maximum Gasteiger partial charge on any atom is 0.243 e. The van der Waals surface area contributed by atoms with Crippen LogP contribution in [0.1, 0.15) is 6.92 Å². The van der Waals surface area contributed by atoms with Crippen molar-refractivity contribution >= 4 is 39.7 Å². The topological polar surface area (TPSA) is 83.1 Å². The first-order valence-electron chi connectivity index (χ1n) is 5.94. The number of anilines is 3. The van der Waals surface area contributed by atoms with Gasteiger partial charge in [0.1, 0.15) is 0 Å². The van der Waals surface area contributed by atoms with Gasteiger partial charge in [-0.05, 0) is 24.3 Å². The summed E-state index contributed by atoms with van der Waals surface area (Å²) in [5.41, 5.74) is 1.36. The van der Waals surface area contributed by atoms with Crippen molar-refractivity contribution in [1.29, 1.82) is 0 Å². The van der Waals surface area contributed by atoms with Gasteiger partial charge < -0.3 is 16.0 Å². The van der Waals surface area contributed by atoms with E-state index < -0.39 is 0 Å².